The van der Waals surface area contributed by atoms with E-state index in [1.54, 1.807) is 17.9 Å². The number of benzene rings is 3. The van der Waals surface area contributed by atoms with Crippen molar-refractivity contribution in [2.75, 3.05) is 0 Å². The minimum absolute atomic E-state index is 0.0277. The maximum atomic E-state index is 15.8. The molecule has 9 nitrogen and oxygen atoms in total. The lowest BCUT2D eigenvalue weighted by Gasteiger charge is -2.29. The van der Waals surface area contributed by atoms with Gasteiger partial charge in [0, 0.05) is 48.4 Å². The highest BCUT2D eigenvalue weighted by Crippen LogP contribution is 2.40. The summed E-state index contributed by atoms with van der Waals surface area (Å²) in [5.41, 5.74) is 3.52. The molecule has 0 saturated carbocycles. The van der Waals surface area contributed by atoms with Crippen LogP contribution in [0.4, 0.5) is 8.78 Å². The van der Waals surface area contributed by atoms with Gasteiger partial charge in [-0.3, -0.25) is 9.48 Å². The van der Waals surface area contributed by atoms with Crippen LogP contribution in [0.3, 0.4) is 0 Å². The summed E-state index contributed by atoms with van der Waals surface area (Å²) in [5.74, 6) is -0.804. The molecular formula is C39H40F2N6O3. The van der Waals surface area contributed by atoms with E-state index < -0.39 is 23.0 Å². The quantitative estimate of drug-likeness (QED) is 0.194. The molecule has 258 valence electrons. The molecule has 2 N–H and O–H groups in total. The normalized spacial score (nSPS) is 17.7. The number of aromatic amines is 1. The molecule has 1 aliphatic heterocycles. The standard InChI is InChI=1S/C39H40F2N6O3/c1-38(2)15-5-6-16-39(3,25-9-7-8-24(18-25)10-13-34(48)49)37-44-36(46(4)45-37)29-19-27(11-12-31(29)40)50-35-30(23-47-22-26(38)21-43-47)28-14-17-42-33(28)20-32(35)41/h7-9,11-12,14,17-22,42H,5-6,10,13,15-16,23H2,1-4H3,(H,48,49). The molecule has 50 heavy (non-hydrogen) atoms. The van der Waals surface area contributed by atoms with Crippen molar-refractivity contribution in [3.8, 4) is 22.9 Å². The van der Waals surface area contributed by atoms with Gasteiger partial charge >= 0.3 is 5.97 Å². The smallest absolute Gasteiger partial charge is 0.303 e. The van der Waals surface area contributed by atoms with Gasteiger partial charge in [-0.05, 0) is 72.6 Å². The summed E-state index contributed by atoms with van der Waals surface area (Å²) < 4.78 is 41.1. The lowest BCUT2D eigenvalue weighted by Crippen LogP contribution is -2.26. The van der Waals surface area contributed by atoms with Crippen LogP contribution in [0.15, 0.2) is 73.2 Å². The molecule has 1 aliphatic rings. The van der Waals surface area contributed by atoms with Gasteiger partial charge in [-0.2, -0.15) is 10.2 Å². The van der Waals surface area contributed by atoms with Gasteiger partial charge in [-0.15, -0.1) is 0 Å². The summed E-state index contributed by atoms with van der Waals surface area (Å²) in [5, 5.41) is 19.6. The molecule has 0 radical (unpaired) electrons. The van der Waals surface area contributed by atoms with Crippen molar-refractivity contribution in [3.05, 3.63) is 113 Å². The van der Waals surface area contributed by atoms with Gasteiger partial charge < -0.3 is 14.8 Å². The van der Waals surface area contributed by atoms with Crippen molar-refractivity contribution in [3.63, 3.8) is 0 Å². The molecule has 0 fully saturated rings. The zero-order valence-electron chi connectivity index (χ0n) is 28.6. The van der Waals surface area contributed by atoms with Crippen molar-refractivity contribution < 1.29 is 23.4 Å². The number of aliphatic carboxylic acids is 1. The Labute approximate surface area is 288 Å². The fourth-order valence-corrected chi connectivity index (χ4v) is 7.06. The Balaban J connectivity index is 1.37. The first-order valence-electron chi connectivity index (χ1n) is 16.9. The van der Waals surface area contributed by atoms with Gasteiger partial charge in [0.05, 0.1) is 23.7 Å². The number of halogens is 2. The first kappa shape index (κ1) is 33.2. The van der Waals surface area contributed by atoms with Gasteiger partial charge in [-0.25, -0.2) is 18.4 Å². The maximum Gasteiger partial charge on any atom is 0.303 e. The predicted molar refractivity (Wildman–Crippen MR) is 186 cm³/mol. The molecular weight excluding hydrogens is 638 g/mol. The number of fused-ring (bicyclic) bond motifs is 10. The second-order valence-electron chi connectivity index (χ2n) is 14.2. The number of hydrogen-bond donors (Lipinski definition) is 2. The summed E-state index contributed by atoms with van der Waals surface area (Å²) >= 11 is 0. The Morgan fingerprint density at radius 2 is 1.84 bits per heavy atom. The van der Waals surface area contributed by atoms with Gasteiger partial charge in [0.15, 0.2) is 23.2 Å². The molecule has 6 aromatic rings. The zero-order chi connectivity index (χ0) is 35.2. The molecule has 1 unspecified atom stereocenters. The fourth-order valence-electron chi connectivity index (χ4n) is 7.06. The average Bonchev–Trinajstić information content (AvgIpc) is 3.85. The molecule has 1 atom stereocenters. The lowest BCUT2D eigenvalue weighted by atomic mass is 9.75. The average molecular weight is 679 g/mol. The van der Waals surface area contributed by atoms with E-state index >= 15 is 8.78 Å². The number of H-pyrrole nitrogens is 1. The van der Waals surface area contributed by atoms with E-state index in [1.807, 2.05) is 47.4 Å². The molecule has 0 aliphatic carbocycles. The summed E-state index contributed by atoms with van der Waals surface area (Å²) in [4.78, 5) is 19.4. The van der Waals surface area contributed by atoms with Crippen LogP contribution in [-0.2, 0) is 35.6 Å². The number of ether oxygens (including phenoxy) is 1. The second kappa shape index (κ2) is 12.9. The minimum atomic E-state index is -0.852. The van der Waals surface area contributed by atoms with Gasteiger partial charge in [0.1, 0.15) is 11.6 Å². The molecule has 0 spiro atoms. The molecule has 0 amide bonds. The van der Waals surface area contributed by atoms with E-state index in [-0.39, 0.29) is 35.4 Å². The third kappa shape index (κ3) is 6.28. The van der Waals surface area contributed by atoms with E-state index in [0.717, 1.165) is 41.3 Å². The molecule has 3 aromatic heterocycles. The van der Waals surface area contributed by atoms with Crippen LogP contribution in [0, 0.1) is 11.6 Å². The molecule has 4 heterocycles. The van der Waals surface area contributed by atoms with Crippen LogP contribution in [0.25, 0.3) is 22.3 Å². The summed E-state index contributed by atoms with van der Waals surface area (Å²) in [6.07, 6.45) is 9.46. The van der Waals surface area contributed by atoms with Crippen LogP contribution in [0.2, 0.25) is 0 Å². The number of nitrogens with one attached hydrogen (secondary N) is 1. The van der Waals surface area contributed by atoms with Crippen molar-refractivity contribution >= 4 is 16.9 Å². The van der Waals surface area contributed by atoms with Crippen molar-refractivity contribution in [1.82, 2.24) is 29.5 Å². The third-order valence-electron chi connectivity index (χ3n) is 10.2. The topological polar surface area (TPSA) is 111 Å². The highest BCUT2D eigenvalue weighted by atomic mass is 19.1. The molecule has 6 bridgehead atoms. The first-order chi connectivity index (χ1) is 23.9. The van der Waals surface area contributed by atoms with Crippen LogP contribution in [0.1, 0.15) is 81.0 Å². The van der Waals surface area contributed by atoms with E-state index in [1.165, 1.54) is 24.3 Å². The maximum absolute atomic E-state index is 15.8. The van der Waals surface area contributed by atoms with Crippen LogP contribution in [-0.4, -0.2) is 40.6 Å². The van der Waals surface area contributed by atoms with E-state index in [0.29, 0.717) is 35.6 Å². The highest BCUT2D eigenvalue weighted by Gasteiger charge is 2.35. The number of rotatable bonds is 4. The number of aromatic nitrogens is 6. The van der Waals surface area contributed by atoms with Crippen LogP contribution in [0.5, 0.6) is 11.5 Å². The van der Waals surface area contributed by atoms with E-state index in [2.05, 4.69) is 30.9 Å². The first-order valence-corrected chi connectivity index (χ1v) is 16.9. The van der Waals surface area contributed by atoms with E-state index in [4.69, 9.17) is 14.8 Å². The Morgan fingerprint density at radius 3 is 2.66 bits per heavy atom. The van der Waals surface area contributed by atoms with Gasteiger partial charge in [0.2, 0.25) is 0 Å². The number of hydrogen-bond acceptors (Lipinski definition) is 5. The van der Waals surface area contributed by atoms with E-state index in [9.17, 15) is 9.90 Å². The Kier molecular flexibility index (Phi) is 8.53. The Hall–Kier alpha value is -5.32. The van der Waals surface area contributed by atoms with Crippen molar-refractivity contribution in [2.45, 2.75) is 76.7 Å². The largest absolute Gasteiger partial charge is 0.481 e. The van der Waals surface area contributed by atoms with Crippen molar-refractivity contribution in [1.29, 1.82) is 0 Å². The minimum Gasteiger partial charge on any atom is -0.481 e. The molecule has 3 aromatic carbocycles. The SMILES string of the molecule is Cn1nc2nc1-c1cc(ccc1F)Oc1c(F)cc3[nH]ccc3c1Cn1cc(cn1)C(C)(C)CCCCC2(C)c1cccc(CCC(=O)O)c1. The van der Waals surface area contributed by atoms with Gasteiger partial charge in [-0.1, -0.05) is 51.0 Å². The zero-order valence-corrected chi connectivity index (χ0v) is 28.6. The lowest BCUT2D eigenvalue weighted by molar-refractivity contribution is -0.136. The molecule has 11 heteroatoms. The fraction of sp³-hybridized carbons (Fsp3) is 0.333. The summed E-state index contributed by atoms with van der Waals surface area (Å²) in [7, 11) is 1.73. The summed E-state index contributed by atoms with van der Waals surface area (Å²) in [6, 6.07) is 15.5. The van der Waals surface area contributed by atoms with Crippen molar-refractivity contribution in [2.24, 2.45) is 7.05 Å². The number of carboxylic acids is 1. The number of aryl methyl sites for hydroxylation is 2. The Morgan fingerprint density at radius 1 is 1.02 bits per heavy atom. The predicted octanol–water partition coefficient (Wildman–Crippen LogP) is 8.45. The Bertz CT molecular complexity index is 2220. The number of carbonyl (C=O) groups is 1. The second-order valence-corrected chi connectivity index (χ2v) is 14.2. The third-order valence-corrected chi connectivity index (χ3v) is 10.2. The van der Waals surface area contributed by atoms with Gasteiger partial charge in [0.25, 0.3) is 0 Å². The molecule has 7 rings (SSSR count). The number of carboxylic acid groups (broad SMARTS) is 1. The monoisotopic (exact) mass is 678 g/mol. The van der Waals surface area contributed by atoms with Crippen LogP contribution >= 0.6 is 0 Å². The highest BCUT2D eigenvalue weighted by molar-refractivity contribution is 5.85. The number of nitrogens with zero attached hydrogens (tertiary/aromatic N) is 5. The molecule has 0 saturated heterocycles. The van der Waals surface area contributed by atoms with Crippen LogP contribution < -0.4 is 4.74 Å². The summed E-state index contributed by atoms with van der Waals surface area (Å²) in [6.45, 7) is 6.77.